The first-order valence-corrected chi connectivity index (χ1v) is 12.0. The number of rotatable bonds is 9. The van der Waals surface area contributed by atoms with Crippen LogP contribution < -0.4 is 14.8 Å². The van der Waals surface area contributed by atoms with Gasteiger partial charge in [0.15, 0.2) is 11.5 Å². The van der Waals surface area contributed by atoms with E-state index in [4.69, 9.17) is 9.47 Å². The number of hydrogen-bond acceptors (Lipinski definition) is 6. The molecule has 0 fully saturated rings. The summed E-state index contributed by atoms with van der Waals surface area (Å²) in [6.07, 6.45) is 8.06. The summed E-state index contributed by atoms with van der Waals surface area (Å²) >= 11 is 5.24. The summed E-state index contributed by atoms with van der Waals surface area (Å²) in [4.78, 5) is 15.6. The van der Waals surface area contributed by atoms with Gasteiger partial charge in [0, 0.05) is 23.2 Å². The maximum absolute atomic E-state index is 11.9. The standard InChI is InChI=1S/C21H21NO3S3/c23-18(7-6-15-4-1-2-5-15)22-9-3-12-26-17-8-13-27-20(17)21-19-16(14-28-21)24-10-11-25-19/h1-2,4,8,13-14H,3,6-7,9-12H2,(H,22,23). The van der Waals surface area contributed by atoms with Gasteiger partial charge < -0.3 is 14.8 Å². The van der Waals surface area contributed by atoms with Gasteiger partial charge in [-0.1, -0.05) is 12.2 Å². The molecule has 7 heteroatoms. The van der Waals surface area contributed by atoms with Crippen LogP contribution in [-0.4, -0.2) is 31.4 Å². The van der Waals surface area contributed by atoms with E-state index >= 15 is 0 Å². The predicted molar refractivity (Wildman–Crippen MR) is 117 cm³/mol. The molecule has 0 bridgehead atoms. The number of carbonyl (C=O) groups excluding carboxylic acids is 1. The number of carbonyl (C=O) groups is 1. The molecule has 2 aromatic rings. The molecule has 0 radical (unpaired) electrons. The number of fused-ring (bicyclic) bond motifs is 1. The minimum Gasteiger partial charge on any atom is -0.485 e. The number of ether oxygens (including phenoxy) is 2. The Labute approximate surface area is 176 Å². The topological polar surface area (TPSA) is 47.6 Å². The third-order valence-corrected chi connectivity index (χ3v) is 7.61. The highest BCUT2D eigenvalue weighted by Crippen LogP contribution is 2.49. The Hall–Kier alpha value is -1.92. The lowest BCUT2D eigenvalue weighted by atomic mass is 10.1. The molecule has 0 unspecified atom stereocenters. The number of thioether (sulfide) groups is 1. The number of allylic oxidation sites excluding steroid dienone is 3. The third kappa shape index (κ3) is 4.73. The van der Waals surface area contributed by atoms with Gasteiger partial charge in [0.25, 0.3) is 0 Å². The van der Waals surface area contributed by atoms with Gasteiger partial charge in [0.05, 0.1) is 9.75 Å². The monoisotopic (exact) mass is 431 g/mol. The largest absolute Gasteiger partial charge is 0.485 e. The Bertz CT molecular complexity index is 935. The van der Waals surface area contributed by atoms with E-state index in [2.05, 4.69) is 22.5 Å². The predicted octanol–water partition coefficient (Wildman–Crippen LogP) is 5.28. The number of hydrogen-bond donors (Lipinski definition) is 1. The van der Waals surface area contributed by atoms with Crippen LogP contribution in [0.1, 0.15) is 19.3 Å². The van der Waals surface area contributed by atoms with E-state index in [9.17, 15) is 4.79 Å². The molecule has 28 heavy (non-hydrogen) atoms. The van der Waals surface area contributed by atoms with Crippen molar-refractivity contribution in [2.24, 2.45) is 0 Å². The van der Waals surface area contributed by atoms with E-state index in [0.717, 1.165) is 40.5 Å². The molecular weight excluding hydrogens is 410 g/mol. The number of nitrogens with one attached hydrogen (secondary N) is 1. The first kappa shape index (κ1) is 19.4. The minimum atomic E-state index is 0.109. The van der Waals surface area contributed by atoms with Crippen molar-refractivity contribution in [1.82, 2.24) is 5.32 Å². The zero-order chi connectivity index (χ0) is 19.2. The zero-order valence-corrected chi connectivity index (χ0v) is 17.8. The second-order valence-corrected chi connectivity index (χ2v) is 9.25. The number of amides is 1. The van der Waals surface area contributed by atoms with E-state index < -0.39 is 0 Å². The molecule has 2 aliphatic rings. The van der Waals surface area contributed by atoms with Gasteiger partial charge in [-0.05, 0) is 41.7 Å². The SMILES string of the molecule is O=C(CCC1=C=CC=C1)NCCCSc1ccsc1-c1scc2c1OCCO2. The quantitative estimate of drug-likeness (QED) is 0.333. The van der Waals surface area contributed by atoms with Gasteiger partial charge in [-0.25, -0.2) is 0 Å². The van der Waals surface area contributed by atoms with E-state index in [1.807, 2.05) is 35.4 Å². The van der Waals surface area contributed by atoms with Crippen LogP contribution in [0.2, 0.25) is 0 Å². The summed E-state index contributed by atoms with van der Waals surface area (Å²) in [6, 6.07) is 2.16. The lowest BCUT2D eigenvalue weighted by molar-refractivity contribution is -0.121. The fraction of sp³-hybridized carbons (Fsp3) is 0.333. The van der Waals surface area contributed by atoms with Gasteiger partial charge in [-0.3, -0.25) is 4.79 Å². The van der Waals surface area contributed by atoms with Crippen LogP contribution in [-0.2, 0) is 4.79 Å². The molecule has 0 atom stereocenters. The average molecular weight is 432 g/mol. The fourth-order valence-corrected chi connectivity index (χ4v) is 6.21. The Morgan fingerprint density at radius 3 is 3.07 bits per heavy atom. The zero-order valence-electron chi connectivity index (χ0n) is 15.4. The second-order valence-electron chi connectivity index (χ2n) is 6.32. The second kappa shape index (κ2) is 9.52. The van der Waals surface area contributed by atoms with Crippen LogP contribution in [0.25, 0.3) is 9.75 Å². The summed E-state index contributed by atoms with van der Waals surface area (Å²) in [5.74, 6) is 2.82. The van der Waals surface area contributed by atoms with Gasteiger partial charge in [0.1, 0.15) is 13.2 Å². The average Bonchev–Trinajstić information content (AvgIpc) is 3.46. The molecule has 0 spiro atoms. The summed E-state index contributed by atoms with van der Waals surface area (Å²) in [6.45, 7) is 1.93. The molecule has 0 aromatic carbocycles. The molecule has 1 aliphatic heterocycles. The molecule has 4 nitrogen and oxygen atoms in total. The number of thiophene rings is 2. The molecule has 4 rings (SSSR count). The van der Waals surface area contributed by atoms with Crippen molar-refractivity contribution in [3.8, 4) is 21.3 Å². The Morgan fingerprint density at radius 1 is 1.25 bits per heavy atom. The van der Waals surface area contributed by atoms with Crippen LogP contribution in [0.5, 0.6) is 11.5 Å². The molecule has 1 amide bonds. The van der Waals surface area contributed by atoms with E-state index in [0.29, 0.717) is 26.2 Å². The molecular formula is C21H21NO3S3. The van der Waals surface area contributed by atoms with Crippen molar-refractivity contribution in [1.29, 1.82) is 0 Å². The maximum Gasteiger partial charge on any atom is 0.220 e. The van der Waals surface area contributed by atoms with Crippen LogP contribution in [0.3, 0.4) is 0 Å². The molecule has 2 aromatic heterocycles. The van der Waals surface area contributed by atoms with Crippen molar-refractivity contribution >= 4 is 40.3 Å². The Morgan fingerprint density at radius 2 is 2.18 bits per heavy atom. The third-order valence-electron chi connectivity index (χ3n) is 4.32. The fourth-order valence-electron chi connectivity index (χ4n) is 2.94. The molecule has 3 heterocycles. The Kier molecular flexibility index (Phi) is 6.60. The highest BCUT2D eigenvalue weighted by Gasteiger charge is 2.22. The van der Waals surface area contributed by atoms with Crippen LogP contribution in [0.15, 0.2) is 51.3 Å². The van der Waals surface area contributed by atoms with E-state index in [1.54, 1.807) is 22.7 Å². The Balaban J connectivity index is 1.22. The van der Waals surface area contributed by atoms with Gasteiger partial charge in [0.2, 0.25) is 5.91 Å². The first-order chi connectivity index (χ1) is 13.8. The summed E-state index contributed by atoms with van der Waals surface area (Å²) in [5, 5.41) is 7.16. The molecule has 1 aliphatic carbocycles. The lowest BCUT2D eigenvalue weighted by Crippen LogP contribution is -2.24. The lowest BCUT2D eigenvalue weighted by Gasteiger charge is -2.16. The molecule has 0 saturated heterocycles. The van der Waals surface area contributed by atoms with Crippen LogP contribution >= 0.6 is 34.4 Å². The van der Waals surface area contributed by atoms with Gasteiger partial charge >= 0.3 is 0 Å². The highest BCUT2D eigenvalue weighted by atomic mass is 32.2. The van der Waals surface area contributed by atoms with Crippen molar-refractivity contribution in [3.63, 3.8) is 0 Å². The summed E-state index contributed by atoms with van der Waals surface area (Å²) in [7, 11) is 0. The minimum absolute atomic E-state index is 0.109. The smallest absolute Gasteiger partial charge is 0.220 e. The molecule has 146 valence electrons. The van der Waals surface area contributed by atoms with Crippen LogP contribution in [0, 0.1) is 0 Å². The van der Waals surface area contributed by atoms with Gasteiger partial charge in [-0.2, -0.15) is 0 Å². The molecule has 0 saturated carbocycles. The summed E-state index contributed by atoms with van der Waals surface area (Å²) < 4.78 is 11.5. The van der Waals surface area contributed by atoms with Crippen molar-refractivity contribution < 1.29 is 14.3 Å². The van der Waals surface area contributed by atoms with E-state index in [1.165, 1.54) is 9.77 Å². The highest BCUT2D eigenvalue weighted by molar-refractivity contribution is 7.99. The molecule has 1 N–H and O–H groups in total. The van der Waals surface area contributed by atoms with Crippen molar-refractivity contribution in [2.45, 2.75) is 24.2 Å². The van der Waals surface area contributed by atoms with E-state index in [-0.39, 0.29) is 5.91 Å². The summed E-state index contributed by atoms with van der Waals surface area (Å²) in [5.41, 5.74) is 4.22. The van der Waals surface area contributed by atoms with Crippen LogP contribution in [0.4, 0.5) is 0 Å². The van der Waals surface area contributed by atoms with Crippen molar-refractivity contribution in [2.75, 3.05) is 25.5 Å². The van der Waals surface area contributed by atoms with Gasteiger partial charge in [-0.15, -0.1) is 40.2 Å². The maximum atomic E-state index is 11.9. The first-order valence-electron chi connectivity index (χ1n) is 9.28. The normalized spacial score (nSPS) is 14.4. The van der Waals surface area contributed by atoms with Crippen molar-refractivity contribution in [3.05, 3.63) is 46.4 Å².